The second kappa shape index (κ2) is 8.29. The Hall–Kier alpha value is -2.44. The van der Waals surface area contributed by atoms with Crippen molar-refractivity contribution in [2.24, 2.45) is 5.92 Å². The molecule has 144 valence electrons. The van der Waals surface area contributed by atoms with Crippen molar-refractivity contribution in [2.75, 3.05) is 6.61 Å². The maximum absolute atomic E-state index is 10.9. The van der Waals surface area contributed by atoms with Crippen LogP contribution < -0.4 is 9.47 Å². The number of ether oxygens (including phenoxy) is 2. The topological polar surface area (TPSA) is 64.5 Å². The number of aliphatic hydroxyl groups is 1. The van der Waals surface area contributed by atoms with Gasteiger partial charge in [0, 0.05) is 28.3 Å². The standard InChI is InChI=1S/C22H21BrN2O3/c1-14-20(23)6-4-17(25-14)13-27-18-5-7-21-19(10-18)22(26)16(12-28-21)9-15-3-2-8-24-11-15/h2-8,10-11,16,22,26H,9,12-13H2,1H3/t16-,22-/m0/s1. The zero-order chi connectivity index (χ0) is 19.5. The summed E-state index contributed by atoms with van der Waals surface area (Å²) in [4.78, 5) is 8.64. The Kier molecular flexibility index (Phi) is 5.59. The van der Waals surface area contributed by atoms with E-state index in [0.29, 0.717) is 31.1 Å². The van der Waals surface area contributed by atoms with Crippen molar-refractivity contribution in [3.8, 4) is 11.5 Å². The van der Waals surface area contributed by atoms with E-state index in [2.05, 4.69) is 25.9 Å². The summed E-state index contributed by atoms with van der Waals surface area (Å²) in [5.41, 5.74) is 3.62. The fourth-order valence-corrected chi connectivity index (χ4v) is 3.57. The quantitative estimate of drug-likeness (QED) is 0.636. The number of aliphatic hydroxyl groups excluding tert-OH is 1. The van der Waals surface area contributed by atoms with Crippen LogP contribution in [0.3, 0.4) is 0 Å². The van der Waals surface area contributed by atoms with E-state index in [1.807, 2.05) is 55.6 Å². The molecular formula is C22H21BrN2O3. The summed E-state index contributed by atoms with van der Waals surface area (Å²) in [5, 5.41) is 10.9. The molecule has 0 radical (unpaired) electrons. The SMILES string of the molecule is Cc1nc(COc2ccc3c(c2)[C@@H](O)[C@@H](Cc2cccnc2)CO3)ccc1Br. The van der Waals surface area contributed by atoms with Crippen molar-refractivity contribution in [1.29, 1.82) is 0 Å². The van der Waals surface area contributed by atoms with Crippen LogP contribution in [-0.2, 0) is 13.0 Å². The number of aromatic nitrogens is 2. The number of pyridine rings is 2. The predicted molar refractivity (Wildman–Crippen MR) is 109 cm³/mol. The summed E-state index contributed by atoms with van der Waals surface area (Å²) in [5.74, 6) is 1.37. The third-order valence-corrected chi connectivity index (χ3v) is 5.72. The number of nitrogens with zero attached hydrogens (tertiary/aromatic N) is 2. The van der Waals surface area contributed by atoms with Crippen LogP contribution in [0.4, 0.5) is 0 Å². The van der Waals surface area contributed by atoms with Crippen molar-refractivity contribution in [3.05, 3.63) is 81.8 Å². The molecule has 3 heterocycles. The fraction of sp³-hybridized carbons (Fsp3) is 0.273. The van der Waals surface area contributed by atoms with Crippen LogP contribution in [0.5, 0.6) is 11.5 Å². The molecule has 1 N–H and O–H groups in total. The number of rotatable bonds is 5. The Morgan fingerprint density at radius 2 is 2.14 bits per heavy atom. The lowest BCUT2D eigenvalue weighted by atomic mass is 9.88. The van der Waals surface area contributed by atoms with Gasteiger partial charge in [-0.05, 0) is 71.2 Å². The van der Waals surface area contributed by atoms with Gasteiger partial charge in [0.15, 0.2) is 0 Å². The van der Waals surface area contributed by atoms with Gasteiger partial charge in [0.2, 0.25) is 0 Å². The first kappa shape index (κ1) is 18.9. The molecule has 0 bridgehead atoms. The summed E-state index contributed by atoms with van der Waals surface area (Å²) >= 11 is 3.45. The summed E-state index contributed by atoms with van der Waals surface area (Å²) in [6, 6.07) is 13.4. The lowest BCUT2D eigenvalue weighted by Gasteiger charge is -2.30. The smallest absolute Gasteiger partial charge is 0.130 e. The highest BCUT2D eigenvalue weighted by Crippen LogP contribution is 2.39. The van der Waals surface area contributed by atoms with Crippen LogP contribution in [0.1, 0.15) is 28.6 Å². The number of hydrogen-bond donors (Lipinski definition) is 1. The summed E-state index contributed by atoms with van der Waals surface area (Å²) in [6.07, 6.45) is 3.68. The fourth-order valence-electron chi connectivity index (χ4n) is 3.35. The number of aryl methyl sites for hydroxylation is 1. The van der Waals surface area contributed by atoms with E-state index in [1.54, 1.807) is 6.20 Å². The molecule has 0 spiro atoms. The lowest BCUT2D eigenvalue weighted by molar-refractivity contribution is 0.0504. The largest absolute Gasteiger partial charge is 0.493 e. The van der Waals surface area contributed by atoms with E-state index in [1.165, 1.54) is 0 Å². The van der Waals surface area contributed by atoms with E-state index in [4.69, 9.17) is 9.47 Å². The molecule has 2 aromatic heterocycles. The summed E-state index contributed by atoms with van der Waals surface area (Å²) in [7, 11) is 0. The van der Waals surface area contributed by atoms with Crippen LogP contribution in [-0.4, -0.2) is 21.7 Å². The van der Waals surface area contributed by atoms with E-state index in [9.17, 15) is 5.11 Å². The van der Waals surface area contributed by atoms with Gasteiger partial charge < -0.3 is 14.6 Å². The molecular weight excluding hydrogens is 420 g/mol. The normalized spacial score (nSPS) is 18.2. The van der Waals surface area contributed by atoms with Crippen LogP contribution in [0, 0.1) is 12.8 Å². The van der Waals surface area contributed by atoms with Crippen LogP contribution in [0.2, 0.25) is 0 Å². The van der Waals surface area contributed by atoms with Gasteiger partial charge in [0.25, 0.3) is 0 Å². The molecule has 2 atom stereocenters. The molecule has 0 unspecified atom stereocenters. The van der Waals surface area contributed by atoms with Crippen LogP contribution in [0.25, 0.3) is 0 Å². The van der Waals surface area contributed by atoms with Crippen LogP contribution >= 0.6 is 15.9 Å². The molecule has 1 aliphatic heterocycles. The van der Waals surface area contributed by atoms with Gasteiger partial charge in [-0.1, -0.05) is 6.07 Å². The highest BCUT2D eigenvalue weighted by atomic mass is 79.9. The minimum atomic E-state index is -0.611. The summed E-state index contributed by atoms with van der Waals surface area (Å²) in [6.45, 7) is 2.79. The second-order valence-electron chi connectivity index (χ2n) is 6.94. The van der Waals surface area contributed by atoms with E-state index < -0.39 is 6.10 Å². The zero-order valence-electron chi connectivity index (χ0n) is 15.5. The van der Waals surface area contributed by atoms with Gasteiger partial charge in [0.05, 0.1) is 24.1 Å². The molecule has 0 aliphatic carbocycles. The zero-order valence-corrected chi connectivity index (χ0v) is 17.1. The molecule has 5 nitrogen and oxygen atoms in total. The van der Waals surface area contributed by atoms with Gasteiger partial charge in [-0.15, -0.1) is 0 Å². The lowest BCUT2D eigenvalue weighted by Crippen LogP contribution is -2.27. The van der Waals surface area contributed by atoms with Crippen molar-refractivity contribution in [3.63, 3.8) is 0 Å². The van der Waals surface area contributed by atoms with Crippen molar-refractivity contribution in [2.45, 2.75) is 26.1 Å². The maximum Gasteiger partial charge on any atom is 0.130 e. The Balaban J connectivity index is 1.47. The van der Waals surface area contributed by atoms with Gasteiger partial charge in [-0.2, -0.15) is 0 Å². The average molecular weight is 441 g/mol. The Morgan fingerprint density at radius 1 is 1.25 bits per heavy atom. The average Bonchev–Trinajstić information content (AvgIpc) is 2.72. The number of hydrogen-bond acceptors (Lipinski definition) is 5. The van der Waals surface area contributed by atoms with Crippen molar-refractivity contribution in [1.82, 2.24) is 9.97 Å². The van der Waals surface area contributed by atoms with Crippen molar-refractivity contribution < 1.29 is 14.6 Å². The molecule has 1 aliphatic rings. The Morgan fingerprint density at radius 3 is 2.93 bits per heavy atom. The van der Waals surface area contributed by atoms with E-state index >= 15 is 0 Å². The minimum Gasteiger partial charge on any atom is -0.493 e. The van der Waals surface area contributed by atoms with Gasteiger partial charge in [-0.3, -0.25) is 9.97 Å². The highest BCUT2D eigenvalue weighted by Gasteiger charge is 2.30. The van der Waals surface area contributed by atoms with Crippen LogP contribution in [0.15, 0.2) is 59.3 Å². The van der Waals surface area contributed by atoms with Gasteiger partial charge in [0.1, 0.15) is 18.1 Å². The molecule has 1 aromatic carbocycles. The molecule has 6 heteroatoms. The molecule has 0 saturated heterocycles. The third kappa shape index (κ3) is 4.18. The third-order valence-electron chi connectivity index (χ3n) is 4.89. The van der Waals surface area contributed by atoms with Gasteiger partial charge >= 0.3 is 0 Å². The minimum absolute atomic E-state index is 0.0252. The monoisotopic (exact) mass is 440 g/mol. The number of fused-ring (bicyclic) bond motifs is 1. The summed E-state index contributed by atoms with van der Waals surface area (Å²) < 4.78 is 12.7. The van der Waals surface area contributed by atoms with Gasteiger partial charge in [-0.25, -0.2) is 0 Å². The number of benzene rings is 1. The first-order valence-electron chi connectivity index (χ1n) is 9.18. The van der Waals surface area contributed by atoms with E-state index in [0.717, 1.165) is 27.0 Å². The van der Waals surface area contributed by atoms with Crippen molar-refractivity contribution >= 4 is 15.9 Å². The molecule has 28 heavy (non-hydrogen) atoms. The van der Waals surface area contributed by atoms with E-state index in [-0.39, 0.29) is 5.92 Å². The Labute approximate surface area is 172 Å². The molecule has 0 saturated carbocycles. The second-order valence-corrected chi connectivity index (χ2v) is 7.79. The predicted octanol–water partition coefficient (Wildman–Crippen LogP) is 4.41. The molecule has 3 aromatic rings. The maximum atomic E-state index is 10.9. The molecule has 4 rings (SSSR count). The Bertz CT molecular complexity index is 965. The molecule has 0 fully saturated rings. The first-order chi connectivity index (χ1) is 13.6. The molecule has 0 amide bonds. The first-order valence-corrected chi connectivity index (χ1v) is 9.98. The highest BCUT2D eigenvalue weighted by molar-refractivity contribution is 9.10. The number of halogens is 1.